The molecule has 0 aromatic heterocycles. The summed E-state index contributed by atoms with van der Waals surface area (Å²) in [6.07, 6.45) is 0. The predicted octanol–water partition coefficient (Wildman–Crippen LogP) is 2.25. The molecule has 0 bridgehead atoms. The number of ketones is 1. The van der Waals surface area contributed by atoms with Crippen LogP contribution in [-0.4, -0.2) is 11.5 Å². The van der Waals surface area contributed by atoms with Crippen molar-refractivity contribution in [3.8, 4) is 0 Å². The van der Waals surface area contributed by atoms with Crippen molar-refractivity contribution in [2.24, 2.45) is 4.99 Å². The third-order valence-corrected chi connectivity index (χ3v) is 2.83. The average molecular weight is 261 g/mol. The van der Waals surface area contributed by atoms with Crippen LogP contribution in [0.15, 0.2) is 26.4 Å². The van der Waals surface area contributed by atoms with E-state index < -0.39 is 0 Å². The molecule has 1 heterocycles. The normalized spacial score (nSPS) is 19.0. The number of aliphatic imine (C=N–C) groups is 1. The lowest BCUT2D eigenvalue weighted by molar-refractivity contribution is -0.111. The zero-order valence-corrected chi connectivity index (χ0v) is 8.60. The smallest absolute Gasteiger partial charge is 0.202 e. The molecular formula is C8H8INO. The van der Waals surface area contributed by atoms with Gasteiger partial charge >= 0.3 is 0 Å². The second-order valence-corrected chi connectivity index (χ2v) is 3.48. The van der Waals surface area contributed by atoms with Crippen LogP contribution < -0.4 is 0 Å². The predicted molar refractivity (Wildman–Crippen MR) is 54.0 cm³/mol. The van der Waals surface area contributed by atoms with Gasteiger partial charge in [0.05, 0.1) is 9.28 Å². The molecule has 2 nitrogen and oxygen atoms in total. The largest absolute Gasteiger partial charge is 0.288 e. The van der Waals surface area contributed by atoms with E-state index in [2.05, 4.69) is 11.6 Å². The van der Waals surface area contributed by atoms with Crippen molar-refractivity contribution in [3.63, 3.8) is 0 Å². The van der Waals surface area contributed by atoms with Crippen LogP contribution in [0.25, 0.3) is 0 Å². The molecule has 1 aliphatic rings. The highest BCUT2D eigenvalue weighted by Crippen LogP contribution is 2.23. The maximum absolute atomic E-state index is 11.3. The highest BCUT2D eigenvalue weighted by molar-refractivity contribution is 14.1. The van der Waals surface area contributed by atoms with Crippen molar-refractivity contribution in [1.29, 1.82) is 0 Å². The summed E-state index contributed by atoms with van der Waals surface area (Å²) >= 11 is 2.00. The Morgan fingerprint density at radius 3 is 2.55 bits per heavy atom. The Morgan fingerprint density at radius 2 is 2.00 bits per heavy atom. The number of halogens is 1. The van der Waals surface area contributed by atoms with E-state index in [1.807, 2.05) is 29.5 Å². The third-order valence-electron chi connectivity index (χ3n) is 1.56. The summed E-state index contributed by atoms with van der Waals surface area (Å²) < 4.78 is 0.679. The van der Waals surface area contributed by atoms with E-state index in [0.717, 1.165) is 11.4 Å². The van der Waals surface area contributed by atoms with Crippen molar-refractivity contribution in [2.75, 3.05) is 0 Å². The Hall–Kier alpha value is -0.450. The van der Waals surface area contributed by atoms with Gasteiger partial charge < -0.3 is 0 Å². The summed E-state index contributed by atoms with van der Waals surface area (Å²) in [6, 6.07) is 0. The van der Waals surface area contributed by atoms with Gasteiger partial charge in [-0.1, -0.05) is 6.58 Å². The van der Waals surface area contributed by atoms with Crippen LogP contribution in [0.5, 0.6) is 0 Å². The highest BCUT2D eigenvalue weighted by atomic mass is 127. The van der Waals surface area contributed by atoms with Gasteiger partial charge in [-0.05, 0) is 36.4 Å². The van der Waals surface area contributed by atoms with E-state index >= 15 is 0 Å². The second-order valence-electron chi connectivity index (χ2n) is 2.40. The van der Waals surface area contributed by atoms with Gasteiger partial charge in [0.1, 0.15) is 0 Å². The molecule has 0 N–H and O–H groups in total. The SMILES string of the molecule is C=C1C(=O)C(I)=C(C)N=C1C. The van der Waals surface area contributed by atoms with Gasteiger partial charge in [-0.15, -0.1) is 0 Å². The quantitative estimate of drug-likeness (QED) is 0.485. The zero-order valence-electron chi connectivity index (χ0n) is 6.44. The summed E-state index contributed by atoms with van der Waals surface area (Å²) in [5.41, 5.74) is 2.04. The maximum atomic E-state index is 11.3. The van der Waals surface area contributed by atoms with Gasteiger partial charge in [0.25, 0.3) is 0 Å². The molecule has 0 unspecified atom stereocenters. The maximum Gasteiger partial charge on any atom is 0.202 e. The lowest BCUT2D eigenvalue weighted by atomic mass is 10.1. The molecule has 0 radical (unpaired) electrons. The Balaban J connectivity index is 3.22. The topological polar surface area (TPSA) is 29.4 Å². The van der Waals surface area contributed by atoms with Crippen LogP contribution in [-0.2, 0) is 4.79 Å². The van der Waals surface area contributed by atoms with Crippen LogP contribution >= 0.6 is 22.6 Å². The van der Waals surface area contributed by atoms with E-state index in [0.29, 0.717) is 9.15 Å². The van der Waals surface area contributed by atoms with Gasteiger partial charge in [0.2, 0.25) is 5.78 Å². The number of allylic oxidation sites excluding steroid dienone is 3. The van der Waals surface area contributed by atoms with Crippen molar-refractivity contribution < 1.29 is 4.79 Å². The van der Waals surface area contributed by atoms with Crippen LogP contribution in [0.2, 0.25) is 0 Å². The zero-order chi connectivity index (χ0) is 8.59. The minimum absolute atomic E-state index is 0.00981. The fourth-order valence-electron chi connectivity index (χ4n) is 0.829. The molecule has 11 heavy (non-hydrogen) atoms. The summed E-state index contributed by atoms with van der Waals surface area (Å²) in [4.78, 5) is 15.5. The average Bonchev–Trinajstić information content (AvgIpc) is 1.97. The van der Waals surface area contributed by atoms with Gasteiger partial charge in [-0.3, -0.25) is 9.79 Å². The van der Waals surface area contributed by atoms with E-state index in [9.17, 15) is 4.79 Å². The summed E-state index contributed by atoms with van der Waals surface area (Å²) in [5, 5.41) is 0. The molecule has 0 aliphatic carbocycles. The number of Topliss-reactive ketones (excluding diaryl/α,β-unsaturated/α-hetero) is 1. The van der Waals surface area contributed by atoms with Crippen LogP contribution in [0, 0.1) is 0 Å². The summed E-state index contributed by atoms with van der Waals surface area (Å²) in [5.74, 6) is 0.00981. The summed E-state index contributed by atoms with van der Waals surface area (Å²) in [6.45, 7) is 7.27. The molecular weight excluding hydrogens is 253 g/mol. The Labute approximate surface area is 79.2 Å². The Morgan fingerprint density at radius 1 is 1.45 bits per heavy atom. The molecule has 0 spiro atoms. The van der Waals surface area contributed by atoms with E-state index in [1.165, 1.54) is 0 Å². The van der Waals surface area contributed by atoms with Gasteiger partial charge in [-0.2, -0.15) is 0 Å². The van der Waals surface area contributed by atoms with Crippen LogP contribution in [0.3, 0.4) is 0 Å². The molecule has 0 aromatic rings. The molecule has 0 aromatic carbocycles. The van der Waals surface area contributed by atoms with Gasteiger partial charge in [-0.25, -0.2) is 0 Å². The van der Waals surface area contributed by atoms with E-state index in [-0.39, 0.29) is 5.78 Å². The fraction of sp³-hybridized carbons (Fsp3) is 0.250. The number of rotatable bonds is 0. The number of hydrogen-bond donors (Lipinski definition) is 0. The standard InChI is InChI=1S/C8H8INO/c1-4-5(2)10-6(3)7(9)8(4)11/h1H2,2-3H3. The highest BCUT2D eigenvalue weighted by Gasteiger charge is 2.19. The first kappa shape index (κ1) is 8.64. The molecule has 1 rings (SSSR count). The monoisotopic (exact) mass is 261 g/mol. The van der Waals surface area contributed by atoms with Gasteiger partial charge in [0, 0.05) is 11.3 Å². The lowest BCUT2D eigenvalue weighted by Gasteiger charge is -2.11. The van der Waals surface area contributed by atoms with Crippen molar-refractivity contribution in [3.05, 3.63) is 21.4 Å². The molecule has 0 atom stereocenters. The third kappa shape index (κ3) is 1.42. The molecule has 3 heteroatoms. The molecule has 0 amide bonds. The molecule has 0 saturated carbocycles. The molecule has 0 fully saturated rings. The summed E-state index contributed by atoms with van der Waals surface area (Å²) in [7, 11) is 0. The van der Waals surface area contributed by atoms with Crippen molar-refractivity contribution in [2.45, 2.75) is 13.8 Å². The Kier molecular flexibility index (Phi) is 2.27. The minimum atomic E-state index is 0.00981. The second kappa shape index (κ2) is 2.89. The van der Waals surface area contributed by atoms with E-state index in [4.69, 9.17) is 0 Å². The number of hydrogen-bond acceptors (Lipinski definition) is 2. The van der Waals surface area contributed by atoms with Crippen molar-refractivity contribution >= 4 is 34.1 Å². The molecule has 0 saturated heterocycles. The fourth-order valence-corrected chi connectivity index (χ4v) is 1.28. The lowest BCUT2D eigenvalue weighted by Crippen LogP contribution is -2.14. The molecule has 1 aliphatic heterocycles. The van der Waals surface area contributed by atoms with Crippen molar-refractivity contribution in [1.82, 2.24) is 0 Å². The first-order valence-corrected chi connectivity index (χ1v) is 4.27. The molecule has 58 valence electrons. The number of nitrogens with zero attached hydrogens (tertiary/aromatic N) is 1. The number of carbonyl (C=O) groups is 1. The van der Waals surface area contributed by atoms with Crippen LogP contribution in [0.4, 0.5) is 0 Å². The minimum Gasteiger partial charge on any atom is -0.288 e. The van der Waals surface area contributed by atoms with E-state index in [1.54, 1.807) is 6.92 Å². The first-order valence-electron chi connectivity index (χ1n) is 3.19. The van der Waals surface area contributed by atoms with Crippen LogP contribution in [0.1, 0.15) is 13.8 Å². The van der Waals surface area contributed by atoms with Gasteiger partial charge in [0.15, 0.2) is 0 Å². The number of carbonyl (C=O) groups excluding carboxylic acids is 1. The Bertz CT molecular complexity index is 295. The first-order chi connectivity index (χ1) is 5.04.